The van der Waals surface area contributed by atoms with E-state index in [1.807, 2.05) is 0 Å². The highest BCUT2D eigenvalue weighted by atomic mass is 35.5. The first-order chi connectivity index (χ1) is 8.56. The first-order valence-electron chi connectivity index (χ1n) is 5.77. The number of carbonyl (C=O) groups excluding carboxylic acids is 1. The summed E-state index contributed by atoms with van der Waals surface area (Å²) in [4.78, 5) is 11.1. The Labute approximate surface area is 113 Å². The van der Waals surface area contributed by atoms with Gasteiger partial charge in [-0.2, -0.15) is 0 Å². The van der Waals surface area contributed by atoms with Crippen molar-refractivity contribution in [1.82, 2.24) is 0 Å². The van der Waals surface area contributed by atoms with E-state index in [0.717, 1.165) is 12.8 Å². The normalized spacial score (nSPS) is 23.6. The van der Waals surface area contributed by atoms with Gasteiger partial charge in [-0.25, -0.2) is 0 Å². The topological polar surface area (TPSA) is 72.2 Å². The number of carbonyl (C=O) groups is 1. The molecule has 0 saturated carbocycles. The van der Waals surface area contributed by atoms with Crippen LogP contribution in [0.1, 0.15) is 23.2 Å². The van der Waals surface area contributed by atoms with Crippen LogP contribution in [0.25, 0.3) is 0 Å². The molecular formula is C12H15ClN2O2S. The summed E-state index contributed by atoms with van der Waals surface area (Å²) >= 11 is 6.07. The second-order valence-corrected chi connectivity index (χ2v) is 6.43. The fraction of sp³-hybridized carbons (Fsp3) is 0.417. The molecule has 6 heteroatoms. The van der Waals surface area contributed by atoms with Crippen LogP contribution in [0.3, 0.4) is 0 Å². The van der Waals surface area contributed by atoms with E-state index >= 15 is 0 Å². The van der Waals surface area contributed by atoms with Gasteiger partial charge in [-0.05, 0) is 31.0 Å². The van der Waals surface area contributed by atoms with Gasteiger partial charge in [0, 0.05) is 33.9 Å². The van der Waals surface area contributed by atoms with Crippen LogP contribution in [-0.2, 0) is 10.8 Å². The summed E-state index contributed by atoms with van der Waals surface area (Å²) in [5.74, 6) is 0.953. The Balaban J connectivity index is 2.10. The van der Waals surface area contributed by atoms with Crippen molar-refractivity contribution in [2.45, 2.75) is 18.9 Å². The number of hydrogen-bond donors (Lipinski definition) is 2. The van der Waals surface area contributed by atoms with Crippen molar-refractivity contribution in [2.24, 2.45) is 5.73 Å². The number of benzene rings is 1. The van der Waals surface area contributed by atoms with Crippen LogP contribution in [0.15, 0.2) is 18.2 Å². The summed E-state index contributed by atoms with van der Waals surface area (Å²) < 4.78 is 11.3. The smallest absolute Gasteiger partial charge is 0.248 e. The van der Waals surface area contributed by atoms with E-state index in [1.54, 1.807) is 18.2 Å². The average molecular weight is 287 g/mol. The third-order valence-electron chi connectivity index (χ3n) is 3.00. The molecule has 3 N–H and O–H groups in total. The number of nitrogens with one attached hydrogen (secondary N) is 1. The Morgan fingerprint density at radius 2 is 2.06 bits per heavy atom. The molecule has 1 fully saturated rings. The molecule has 1 saturated heterocycles. The molecule has 0 spiro atoms. The average Bonchev–Trinajstić information content (AvgIpc) is 2.34. The standard InChI is InChI=1S/C12H15ClN2O2S/c13-10-2-1-8(12(14)16)7-11(10)15-9-3-5-18(17)6-4-9/h1-2,7,9,15H,3-6H2,(H2,14,16). The highest BCUT2D eigenvalue weighted by molar-refractivity contribution is 7.85. The lowest BCUT2D eigenvalue weighted by atomic mass is 10.1. The van der Waals surface area contributed by atoms with Gasteiger partial charge in [0.05, 0.1) is 10.7 Å². The maximum atomic E-state index is 11.3. The molecule has 0 bridgehead atoms. The third kappa shape index (κ3) is 3.23. The second kappa shape index (κ2) is 5.71. The predicted molar refractivity (Wildman–Crippen MR) is 74.5 cm³/mol. The van der Waals surface area contributed by atoms with Gasteiger partial charge in [0.2, 0.25) is 5.91 Å². The van der Waals surface area contributed by atoms with Crippen molar-refractivity contribution >= 4 is 34.0 Å². The third-order valence-corrected chi connectivity index (χ3v) is 4.71. The molecule has 1 amide bonds. The maximum absolute atomic E-state index is 11.3. The largest absolute Gasteiger partial charge is 0.381 e. The minimum absolute atomic E-state index is 0.253. The Morgan fingerprint density at radius 1 is 1.39 bits per heavy atom. The van der Waals surface area contributed by atoms with Crippen molar-refractivity contribution in [2.75, 3.05) is 16.8 Å². The molecule has 2 rings (SSSR count). The van der Waals surface area contributed by atoms with Crippen molar-refractivity contribution in [3.05, 3.63) is 28.8 Å². The van der Waals surface area contributed by atoms with Crippen LogP contribution in [0.2, 0.25) is 5.02 Å². The van der Waals surface area contributed by atoms with Crippen LogP contribution in [0.5, 0.6) is 0 Å². The first kappa shape index (κ1) is 13.4. The van der Waals surface area contributed by atoms with Crippen LogP contribution in [0.4, 0.5) is 5.69 Å². The summed E-state index contributed by atoms with van der Waals surface area (Å²) in [6, 6.07) is 5.18. The molecule has 1 heterocycles. The van der Waals surface area contributed by atoms with E-state index in [4.69, 9.17) is 17.3 Å². The van der Waals surface area contributed by atoms with E-state index in [1.165, 1.54) is 0 Å². The van der Waals surface area contributed by atoms with E-state index in [2.05, 4.69) is 5.32 Å². The molecular weight excluding hydrogens is 272 g/mol. The lowest BCUT2D eigenvalue weighted by Crippen LogP contribution is -2.29. The first-order valence-corrected chi connectivity index (χ1v) is 7.64. The summed E-state index contributed by atoms with van der Waals surface area (Å²) in [7, 11) is -0.683. The van der Waals surface area contributed by atoms with Gasteiger partial charge in [0.1, 0.15) is 0 Å². The molecule has 1 aliphatic rings. The monoisotopic (exact) mass is 286 g/mol. The number of amides is 1. The SMILES string of the molecule is NC(=O)c1ccc(Cl)c(NC2CCS(=O)CC2)c1. The highest BCUT2D eigenvalue weighted by Gasteiger charge is 2.18. The molecule has 18 heavy (non-hydrogen) atoms. The summed E-state index contributed by atoms with van der Waals surface area (Å²) in [5, 5.41) is 3.85. The fourth-order valence-electron chi connectivity index (χ4n) is 1.95. The molecule has 0 atom stereocenters. The van der Waals surface area contributed by atoms with Gasteiger partial charge in [0.25, 0.3) is 0 Å². The van der Waals surface area contributed by atoms with Gasteiger partial charge in [-0.3, -0.25) is 9.00 Å². The quantitative estimate of drug-likeness (QED) is 0.889. The van der Waals surface area contributed by atoms with Crippen molar-refractivity contribution in [3.63, 3.8) is 0 Å². The highest BCUT2D eigenvalue weighted by Crippen LogP contribution is 2.25. The van der Waals surface area contributed by atoms with Crippen molar-refractivity contribution in [1.29, 1.82) is 0 Å². The zero-order valence-corrected chi connectivity index (χ0v) is 11.4. The Kier molecular flexibility index (Phi) is 4.24. The van der Waals surface area contributed by atoms with Crippen LogP contribution >= 0.6 is 11.6 Å². The van der Waals surface area contributed by atoms with E-state index in [-0.39, 0.29) is 6.04 Å². The fourth-order valence-corrected chi connectivity index (χ4v) is 3.42. The predicted octanol–water partition coefficient (Wildman–Crippen LogP) is 1.76. The maximum Gasteiger partial charge on any atom is 0.248 e. The number of anilines is 1. The minimum atomic E-state index is -0.683. The van der Waals surface area contributed by atoms with Crippen LogP contribution in [-0.4, -0.2) is 27.7 Å². The zero-order chi connectivity index (χ0) is 13.1. The summed E-state index contributed by atoms with van der Waals surface area (Å²) in [6.07, 6.45) is 1.70. The molecule has 0 radical (unpaired) electrons. The lowest BCUT2D eigenvalue weighted by Gasteiger charge is -2.24. The number of rotatable bonds is 3. The number of nitrogens with two attached hydrogens (primary N) is 1. The summed E-state index contributed by atoms with van der Waals surface area (Å²) in [6.45, 7) is 0. The van der Waals surface area contributed by atoms with Crippen molar-refractivity contribution in [3.8, 4) is 0 Å². The van der Waals surface area contributed by atoms with Gasteiger partial charge in [-0.1, -0.05) is 11.6 Å². The number of primary amides is 1. The van der Waals surface area contributed by atoms with Gasteiger partial charge >= 0.3 is 0 Å². The van der Waals surface area contributed by atoms with Crippen LogP contribution in [0, 0.1) is 0 Å². The molecule has 0 aliphatic carbocycles. The minimum Gasteiger partial charge on any atom is -0.381 e. The second-order valence-electron chi connectivity index (χ2n) is 4.33. The van der Waals surface area contributed by atoms with E-state index in [9.17, 15) is 9.00 Å². The zero-order valence-electron chi connectivity index (χ0n) is 9.82. The van der Waals surface area contributed by atoms with E-state index < -0.39 is 16.7 Å². The Bertz CT molecular complexity index is 483. The van der Waals surface area contributed by atoms with Gasteiger partial charge in [0.15, 0.2) is 0 Å². The van der Waals surface area contributed by atoms with Crippen LogP contribution < -0.4 is 11.1 Å². The molecule has 0 aromatic heterocycles. The molecule has 0 unspecified atom stereocenters. The molecule has 1 aromatic rings. The molecule has 1 aliphatic heterocycles. The number of hydrogen-bond acceptors (Lipinski definition) is 3. The number of halogens is 1. The van der Waals surface area contributed by atoms with E-state index in [0.29, 0.717) is 27.8 Å². The van der Waals surface area contributed by atoms with Gasteiger partial charge < -0.3 is 11.1 Å². The van der Waals surface area contributed by atoms with Gasteiger partial charge in [-0.15, -0.1) is 0 Å². The summed E-state index contributed by atoms with van der Waals surface area (Å²) in [5.41, 5.74) is 6.38. The lowest BCUT2D eigenvalue weighted by molar-refractivity contribution is 0.100. The molecule has 4 nitrogen and oxygen atoms in total. The van der Waals surface area contributed by atoms with Crippen molar-refractivity contribution < 1.29 is 9.00 Å². The Hall–Kier alpha value is -1.07. The Morgan fingerprint density at radius 3 is 2.67 bits per heavy atom. The molecule has 1 aromatic carbocycles. The molecule has 98 valence electrons.